The van der Waals surface area contributed by atoms with E-state index in [2.05, 4.69) is 12.2 Å². The minimum atomic E-state index is -1.17. The van der Waals surface area contributed by atoms with Crippen molar-refractivity contribution < 1.29 is 14.7 Å². The van der Waals surface area contributed by atoms with Crippen LogP contribution >= 0.6 is 11.6 Å². The first-order valence-electron chi connectivity index (χ1n) is 6.40. The first-order chi connectivity index (χ1) is 9.36. The first kappa shape index (κ1) is 16.3. The summed E-state index contributed by atoms with van der Waals surface area (Å²) < 4.78 is 0. The van der Waals surface area contributed by atoms with E-state index in [1.807, 2.05) is 6.92 Å². The smallest absolute Gasteiger partial charge is 0.339 e. The molecule has 2 N–H and O–H groups in total. The van der Waals surface area contributed by atoms with Gasteiger partial charge in [0.2, 0.25) is 0 Å². The number of nitrogens with one attached hydrogen (secondary N) is 1. The van der Waals surface area contributed by atoms with Crippen LogP contribution in [0.4, 0.5) is 10.5 Å². The molecule has 20 heavy (non-hydrogen) atoms. The van der Waals surface area contributed by atoms with Gasteiger partial charge in [0, 0.05) is 13.6 Å². The highest BCUT2D eigenvalue weighted by Crippen LogP contribution is 2.24. The van der Waals surface area contributed by atoms with Gasteiger partial charge in [0.15, 0.2) is 0 Å². The molecule has 0 saturated heterocycles. The fourth-order valence-electron chi connectivity index (χ4n) is 1.74. The van der Waals surface area contributed by atoms with Crippen LogP contribution in [-0.4, -0.2) is 35.6 Å². The van der Waals surface area contributed by atoms with E-state index in [4.69, 9.17) is 16.7 Å². The number of anilines is 1. The van der Waals surface area contributed by atoms with Crippen LogP contribution in [-0.2, 0) is 0 Å². The molecule has 1 atom stereocenters. The summed E-state index contributed by atoms with van der Waals surface area (Å²) in [5, 5.41) is 11.8. The third-order valence-electron chi connectivity index (χ3n) is 3.10. The van der Waals surface area contributed by atoms with Gasteiger partial charge >= 0.3 is 12.0 Å². The van der Waals surface area contributed by atoms with E-state index < -0.39 is 5.97 Å². The Balaban J connectivity index is 2.86. The lowest BCUT2D eigenvalue weighted by Crippen LogP contribution is -2.35. The molecule has 0 aliphatic carbocycles. The molecule has 6 heteroatoms. The number of rotatable bonds is 5. The number of aromatic carboxylic acids is 1. The van der Waals surface area contributed by atoms with Crippen molar-refractivity contribution in [2.75, 3.05) is 18.9 Å². The summed E-state index contributed by atoms with van der Waals surface area (Å²) in [5.41, 5.74) is 0.102. The van der Waals surface area contributed by atoms with Crippen LogP contribution in [0.15, 0.2) is 18.2 Å². The lowest BCUT2D eigenvalue weighted by molar-refractivity contribution is 0.0698. The number of nitrogens with zero attached hydrogens (tertiary/aromatic N) is 1. The Morgan fingerprint density at radius 1 is 1.45 bits per heavy atom. The number of carboxylic acids is 1. The van der Waals surface area contributed by atoms with Gasteiger partial charge in [0.1, 0.15) is 5.56 Å². The summed E-state index contributed by atoms with van der Waals surface area (Å²) in [6, 6.07) is 4.24. The van der Waals surface area contributed by atoms with E-state index in [0.29, 0.717) is 12.5 Å². The molecule has 2 amide bonds. The molecule has 0 aliphatic rings. The van der Waals surface area contributed by atoms with Crippen LogP contribution in [0.2, 0.25) is 5.02 Å². The van der Waals surface area contributed by atoms with Gasteiger partial charge < -0.3 is 15.3 Å². The van der Waals surface area contributed by atoms with Crippen molar-refractivity contribution in [3.05, 3.63) is 28.8 Å². The lowest BCUT2D eigenvalue weighted by atomic mass is 10.1. The molecule has 0 bridgehead atoms. The number of carbonyl (C=O) groups excluding carboxylic acids is 1. The number of amides is 2. The van der Waals surface area contributed by atoms with Crippen molar-refractivity contribution in [3.63, 3.8) is 0 Å². The standard InChI is InChI=1S/C14H19ClN2O3/c1-4-9(2)8-17(3)14(20)16-11-7-5-6-10(15)12(11)13(18)19/h5-7,9H,4,8H2,1-3H3,(H,16,20)(H,18,19). The van der Waals surface area contributed by atoms with Gasteiger partial charge in [-0.05, 0) is 18.1 Å². The zero-order chi connectivity index (χ0) is 15.3. The molecule has 0 fully saturated rings. The maximum atomic E-state index is 12.0. The number of carbonyl (C=O) groups is 2. The molecule has 0 radical (unpaired) electrons. The van der Waals surface area contributed by atoms with E-state index in [0.717, 1.165) is 6.42 Å². The molecule has 110 valence electrons. The average Bonchev–Trinajstić information content (AvgIpc) is 2.37. The third-order valence-corrected chi connectivity index (χ3v) is 3.41. The number of carboxylic acid groups (broad SMARTS) is 1. The van der Waals surface area contributed by atoms with E-state index in [-0.39, 0.29) is 22.3 Å². The second-order valence-corrected chi connectivity index (χ2v) is 5.20. The van der Waals surface area contributed by atoms with Crippen LogP contribution in [0.5, 0.6) is 0 Å². The summed E-state index contributed by atoms with van der Waals surface area (Å²) >= 11 is 5.85. The maximum Gasteiger partial charge on any atom is 0.339 e. The predicted octanol–water partition coefficient (Wildman–Crippen LogP) is 3.55. The molecule has 1 unspecified atom stereocenters. The van der Waals surface area contributed by atoms with Crippen LogP contribution < -0.4 is 5.32 Å². The highest BCUT2D eigenvalue weighted by Gasteiger charge is 2.18. The zero-order valence-electron chi connectivity index (χ0n) is 11.8. The van der Waals surface area contributed by atoms with Gasteiger partial charge in [-0.1, -0.05) is 37.9 Å². The fraction of sp³-hybridized carbons (Fsp3) is 0.429. The Morgan fingerprint density at radius 2 is 2.10 bits per heavy atom. The monoisotopic (exact) mass is 298 g/mol. The van der Waals surface area contributed by atoms with E-state index in [1.165, 1.54) is 17.0 Å². The summed E-state index contributed by atoms with van der Waals surface area (Å²) in [4.78, 5) is 24.7. The van der Waals surface area contributed by atoms with Crippen LogP contribution in [0.25, 0.3) is 0 Å². The Hall–Kier alpha value is -1.75. The van der Waals surface area contributed by atoms with Crippen molar-refractivity contribution in [2.45, 2.75) is 20.3 Å². The van der Waals surface area contributed by atoms with Crippen LogP contribution in [0.3, 0.4) is 0 Å². The molecular weight excluding hydrogens is 280 g/mol. The summed E-state index contributed by atoms with van der Waals surface area (Å²) in [6.07, 6.45) is 0.967. The number of urea groups is 1. The van der Waals surface area contributed by atoms with Crippen LogP contribution in [0, 0.1) is 5.92 Å². The number of hydrogen-bond acceptors (Lipinski definition) is 2. The SMILES string of the molecule is CCC(C)CN(C)C(=O)Nc1cccc(Cl)c1C(=O)O. The quantitative estimate of drug-likeness (QED) is 0.873. The van der Waals surface area contributed by atoms with E-state index >= 15 is 0 Å². The Labute approximate surface area is 123 Å². The number of benzene rings is 1. The third kappa shape index (κ3) is 4.13. The molecule has 0 spiro atoms. The molecule has 0 aromatic heterocycles. The van der Waals surface area contributed by atoms with E-state index in [9.17, 15) is 9.59 Å². The highest BCUT2D eigenvalue weighted by atomic mass is 35.5. The topological polar surface area (TPSA) is 69.6 Å². The van der Waals surface area contributed by atoms with Crippen molar-refractivity contribution in [3.8, 4) is 0 Å². The van der Waals surface area contributed by atoms with Crippen molar-refractivity contribution in [1.29, 1.82) is 0 Å². The molecule has 1 aromatic rings. The van der Waals surface area contributed by atoms with Gasteiger partial charge in [0.05, 0.1) is 10.7 Å². The number of hydrogen-bond donors (Lipinski definition) is 2. The Morgan fingerprint density at radius 3 is 2.65 bits per heavy atom. The second-order valence-electron chi connectivity index (χ2n) is 4.79. The lowest BCUT2D eigenvalue weighted by Gasteiger charge is -2.21. The normalized spacial score (nSPS) is 11.8. The fourth-order valence-corrected chi connectivity index (χ4v) is 1.99. The van der Waals surface area contributed by atoms with Gasteiger partial charge in [0.25, 0.3) is 0 Å². The second kappa shape index (κ2) is 7.14. The molecule has 1 rings (SSSR count). The highest BCUT2D eigenvalue weighted by molar-refractivity contribution is 6.34. The van der Waals surface area contributed by atoms with Crippen molar-refractivity contribution in [1.82, 2.24) is 4.90 Å². The van der Waals surface area contributed by atoms with Crippen molar-refractivity contribution >= 4 is 29.3 Å². The molecule has 0 saturated carbocycles. The summed E-state index contributed by atoms with van der Waals surface area (Å²) in [5.74, 6) is -0.792. The molecule has 5 nitrogen and oxygen atoms in total. The zero-order valence-corrected chi connectivity index (χ0v) is 12.6. The average molecular weight is 299 g/mol. The van der Waals surface area contributed by atoms with Crippen LogP contribution in [0.1, 0.15) is 30.6 Å². The van der Waals surface area contributed by atoms with Gasteiger partial charge in [-0.15, -0.1) is 0 Å². The largest absolute Gasteiger partial charge is 0.478 e. The molecule has 0 aliphatic heterocycles. The van der Waals surface area contributed by atoms with Gasteiger partial charge in [-0.2, -0.15) is 0 Å². The van der Waals surface area contributed by atoms with Gasteiger partial charge in [-0.25, -0.2) is 9.59 Å². The minimum Gasteiger partial charge on any atom is -0.478 e. The molecule has 1 aromatic carbocycles. The first-order valence-corrected chi connectivity index (χ1v) is 6.78. The summed E-state index contributed by atoms with van der Waals surface area (Å²) in [6.45, 7) is 4.70. The predicted molar refractivity (Wildman–Crippen MR) is 79.5 cm³/mol. The van der Waals surface area contributed by atoms with Gasteiger partial charge in [-0.3, -0.25) is 0 Å². The Kier molecular flexibility index (Phi) is 5.82. The number of halogens is 1. The molecular formula is C14H19ClN2O3. The Bertz CT molecular complexity index is 505. The minimum absolute atomic E-state index is 0.0971. The summed E-state index contributed by atoms with van der Waals surface area (Å²) in [7, 11) is 1.67. The maximum absolute atomic E-state index is 12.0. The van der Waals surface area contributed by atoms with Crippen molar-refractivity contribution in [2.24, 2.45) is 5.92 Å². The molecule has 0 heterocycles. The van der Waals surface area contributed by atoms with E-state index in [1.54, 1.807) is 13.1 Å².